The van der Waals surface area contributed by atoms with Gasteiger partial charge in [-0.25, -0.2) is 4.79 Å². The van der Waals surface area contributed by atoms with Crippen molar-refractivity contribution < 1.29 is 37.3 Å². The Labute approximate surface area is 227 Å². The van der Waals surface area contributed by atoms with Gasteiger partial charge in [-0.05, 0) is 59.0 Å². The molecule has 0 bridgehead atoms. The minimum absolute atomic E-state index is 0.0641. The number of hydrogen-bond acceptors (Lipinski definition) is 7. The number of amides is 2. The molecule has 2 heterocycles. The third-order valence-corrected chi connectivity index (χ3v) is 8.44. The van der Waals surface area contributed by atoms with Crippen molar-refractivity contribution in [1.29, 1.82) is 0 Å². The molecule has 3 N–H and O–H groups in total. The second-order valence-electron chi connectivity index (χ2n) is 12.6. The van der Waals surface area contributed by atoms with Gasteiger partial charge in [-0.3, -0.25) is 9.00 Å². The molecule has 0 aromatic carbocycles. The van der Waals surface area contributed by atoms with Crippen LogP contribution in [0, 0.1) is 11.3 Å². The van der Waals surface area contributed by atoms with E-state index in [1.54, 1.807) is 27.7 Å². The first kappa shape index (κ1) is 32.6. The van der Waals surface area contributed by atoms with E-state index in [1.807, 2.05) is 20.8 Å². The zero-order valence-electron chi connectivity index (χ0n) is 23.6. The van der Waals surface area contributed by atoms with Crippen LogP contribution in [-0.4, -0.2) is 86.9 Å². The molecule has 9 nitrogen and oxygen atoms in total. The van der Waals surface area contributed by atoms with Crippen molar-refractivity contribution in [1.82, 2.24) is 15.7 Å². The van der Waals surface area contributed by atoms with Crippen LogP contribution in [-0.2, 0) is 25.1 Å². The number of piperidine rings is 1. The van der Waals surface area contributed by atoms with Gasteiger partial charge >= 0.3 is 12.0 Å². The first-order valence-corrected chi connectivity index (χ1v) is 14.6. The Morgan fingerprint density at radius 2 is 1.76 bits per heavy atom. The van der Waals surface area contributed by atoms with E-state index in [9.17, 15) is 27.8 Å². The zero-order chi connectivity index (χ0) is 28.9. The second-order valence-corrected chi connectivity index (χ2v) is 14.2. The van der Waals surface area contributed by atoms with Crippen LogP contribution in [0.3, 0.4) is 0 Å². The van der Waals surface area contributed by atoms with Gasteiger partial charge in [-0.15, -0.1) is 0 Å². The van der Waals surface area contributed by atoms with Gasteiger partial charge in [0.15, 0.2) is 0 Å². The molecule has 0 saturated carbocycles. The number of nitrogens with zero attached hydrogens (tertiary/aromatic N) is 1. The van der Waals surface area contributed by atoms with Gasteiger partial charge in [0.25, 0.3) is 5.91 Å². The molecule has 0 spiro atoms. The van der Waals surface area contributed by atoms with Crippen molar-refractivity contribution in [2.75, 3.05) is 31.3 Å². The summed E-state index contributed by atoms with van der Waals surface area (Å²) in [4.78, 5) is 24.7. The number of halogens is 2. The molecule has 2 aliphatic heterocycles. The lowest BCUT2D eigenvalue weighted by Gasteiger charge is -2.51. The van der Waals surface area contributed by atoms with Crippen LogP contribution in [0.15, 0.2) is 12.2 Å². The van der Waals surface area contributed by atoms with Gasteiger partial charge in [0, 0.05) is 39.1 Å². The highest BCUT2D eigenvalue weighted by atomic mass is 32.2. The molecule has 0 aromatic heterocycles. The van der Waals surface area contributed by atoms with Crippen LogP contribution >= 0.6 is 0 Å². The smallest absolute Gasteiger partial charge is 0.407 e. The summed E-state index contributed by atoms with van der Waals surface area (Å²) in [5.41, 5.74) is -1.51. The largest absolute Gasteiger partial charge is 0.449 e. The monoisotopic (exact) mass is 565 g/mol. The van der Waals surface area contributed by atoms with Crippen molar-refractivity contribution in [3.05, 3.63) is 12.2 Å². The fourth-order valence-electron chi connectivity index (χ4n) is 5.08. The highest BCUT2D eigenvalue weighted by molar-refractivity contribution is 7.85. The Morgan fingerprint density at radius 3 is 2.26 bits per heavy atom. The number of rotatable bonds is 12. The van der Waals surface area contributed by atoms with E-state index in [-0.39, 0.29) is 23.7 Å². The van der Waals surface area contributed by atoms with Crippen molar-refractivity contribution in [3.8, 4) is 0 Å². The molecule has 2 fully saturated rings. The molecule has 0 aliphatic carbocycles. The Balaban J connectivity index is 1.91. The number of alkyl halides is 2. The molecular weight excluding hydrogens is 520 g/mol. The third kappa shape index (κ3) is 9.53. The lowest BCUT2D eigenvalue weighted by Crippen LogP contribution is -2.63. The average molecular weight is 566 g/mol. The minimum atomic E-state index is -3.80. The first-order valence-electron chi connectivity index (χ1n) is 13.1. The van der Waals surface area contributed by atoms with Gasteiger partial charge in [0.05, 0.1) is 25.0 Å². The fraction of sp³-hybridized carbons (Fsp3) is 0.846. The molecule has 2 saturated heterocycles. The summed E-state index contributed by atoms with van der Waals surface area (Å²) in [6.45, 7) is 13.9. The van der Waals surface area contributed by atoms with Crippen LogP contribution in [0.2, 0.25) is 0 Å². The molecule has 1 unspecified atom stereocenters. The molecular formula is C26H45F2N3O6S. The number of carbonyl (C=O) groups is 2. The highest BCUT2D eigenvalue weighted by Gasteiger charge is 2.47. The average Bonchev–Trinajstić information content (AvgIpc) is 2.74. The maximum absolute atomic E-state index is 14.8. The number of hydroxylamine groups is 2. The number of nitrogens with one attached hydrogen (secondary N) is 2. The SMILES string of the molecule is CC(C)C[C@@H](/C=C/C(F)(F)C(=O)NC1CC(C)(C)N(O)C(C)(C)C1)NC(=O)OCCS(=O)CC1(C)COC1. The van der Waals surface area contributed by atoms with Crippen molar-refractivity contribution in [2.45, 2.75) is 96.8 Å². The lowest BCUT2D eigenvalue weighted by atomic mass is 9.79. The van der Waals surface area contributed by atoms with Crippen molar-refractivity contribution in [3.63, 3.8) is 0 Å². The van der Waals surface area contributed by atoms with Crippen LogP contribution in [0.1, 0.15) is 67.7 Å². The summed E-state index contributed by atoms with van der Waals surface area (Å²) < 4.78 is 52.0. The van der Waals surface area contributed by atoms with Crippen LogP contribution in [0.5, 0.6) is 0 Å². The summed E-state index contributed by atoms with van der Waals surface area (Å²) >= 11 is 0. The number of alkyl carbamates (subject to hydrolysis) is 1. The second kappa shape index (κ2) is 12.7. The van der Waals surface area contributed by atoms with Gasteiger partial charge < -0.3 is 25.3 Å². The standard InChI is InChI=1S/C26H45F2N3O6S/c1-18(2)12-19(30-22(33)37-10-11-38(35)17-25(7)15-36-16-25)8-9-26(27,28)21(32)29-20-13-23(3,4)31(34)24(5,6)14-20/h8-9,18-20,34H,10-17H2,1-7H3,(H,29,32)(H,30,33)/b9-8+/t19-,38?/m1/s1. The molecule has 0 radical (unpaired) electrons. The van der Waals surface area contributed by atoms with Gasteiger partial charge in [0.2, 0.25) is 0 Å². The topological polar surface area (TPSA) is 117 Å². The Hall–Kier alpha value is -1.63. The van der Waals surface area contributed by atoms with E-state index in [1.165, 1.54) is 5.06 Å². The minimum Gasteiger partial charge on any atom is -0.449 e. The van der Waals surface area contributed by atoms with Crippen molar-refractivity contribution in [2.24, 2.45) is 11.3 Å². The van der Waals surface area contributed by atoms with Crippen LogP contribution in [0.25, 0.3) is 0 Å². The Morgan fingerprint density at radius 1 is 1.18 bits per heavy atom. The van der Waals surface area contributed by atoms with E-state index in [2.05, 4.69) is 10.6 Å². The molecule has 0 aromatic rings. The molecule has 2 atom stereocenters. The van der Waals surface area contributed by atoms with Gasteiger partial charge in [-0.2, -0.15) is 13.8 Å². The fourth-order valence-corrected chi connectivity index (χ4v) is 6.43. The summed E-state index contributed by atoms with van der Waals surface area (Å²) in [6, 6.07) is -1.33. The van der Waals surface area contributed by atoms with Crippen LogP contribution < -0.4 is 10.6 Å². The van der Waals surface area contributed by atoms with Crippen molar-refractivity contribution >= 4 is 22.8 Å². The Kier molecular flexibility index (Phi) is 10.9. The lowest BCUT2D eigenvalue weighted by molar-refractivity contribution is -0.246. The summed E-state index contributed by atoms with van der Waals surface area (Å²) in [5.74, 6) is -4.53. The van der Waals surface area contributed by atoms with Gasteiger partial charge in [-0.1, -0.05) is 26.8 Å². The van der Waals surface area contributed by atoms with E-state index in [4.69, 9.17) is 9.47 Å². The predicted molar refractivity (Wildman–Crippen MR) is 142 cm³/mol. The first-order chi connectivity index (χ1) is 17.4. The molecule has 220 valence electrons. The molecule has 38 heavy (non-hydrogen) atoms. The molecule has 2 rings (SSSR count). The van der Waals surface area contributed by atoms with E-state index in [0.29, 0.717) is 44.3 Å². The Bertz CT molecular complexity index is 874. The van der Waals surface area contributed by atoms with E-state index in [0.717, 1.165) is 6.08 Å². The quantitative estimate of drug-likeness (QED) is 0.310. The maximum Gasteiger partial charge on any atom is 0.407 e. The number of carbonyl (C=O) groups excluding carboxylic acids is 2. The normalized spacial score (nSPS) is 23.0. The number of hydrogen-bond donors (Lipinski definition) is 3. The van der Waals surface area contributed by atoms with E-state index < -0.39 is 51.9 Å². The van der Waals surface area contributed by atoms with E-state index >= 15 is 0 Å². The zero-order valence-corrected chi connectivity index (χ0v) is 24.5. The summed E-state index contributed by atoms with van der Waals surface area (Å²) in [6.07, 6.45) is 1.78. The maximum atomic E-state index is 14.8. The number of ether oxygens (including phenoxy) is 2. The molecule has 12 heteroatoms. The molecule has 2 aliphatic rings. The third-order valence-electron chi connectivity index (χ3n) is 6.80. The van der Waals surface area contributed by atoms with Gasteiger partial charge in [0.1, 0.15) is 6.61 Å². The molecule has 2 amide bonds. The summed E-state index contributed by atoms with van der Waals surface area (Å²) in [7, 11) is -1.17. The van der Waals surface area contributed by atoms with Crippen LogP contribution in [0.4, 0.5) is 13.6 Å². The highest BCUT2D eigenvalue weighted by Crippen LogP contribution is 2.37. The predicted octanol–water partition coefficient (Wildman–Crippen LogP) is 3.63. The summed E-state index contributed by atoms with van der Waals surface area (Å²) in [5, 5.41) is 16.6.